The average molecular weight is 201 g/mol. The van der Waals surface area contributed by atoms with E-state index in [-0.39, 0.29) is 11.9 Å². The lowest BCUT2D eigenvalue weighted by Gasteiger charge is -2.25. The van der Waals surface area contributed by atoms with E-state index < -0.39 is 0 Å². The molecule has 3 N–H and O–H groups in total. The van der Waals surface area contributed by atoms with Crippen LogP contribution in [0.1, 0.15) is 13.3 Å². The van der Waals surface area contributed by atoms with Crippen LogP contribution in [0.5, 0.6) is 0 Å². The van der Waals surface area contributed by atoms with Crippen LogP contribution in [0.25, 0.3) is 0 Å². The maximum Gasteiger partial charge on any atom is 0.221 e. The van der Waals surface area contributed by atoms with Gasteiger partial charge in [-0.1, -0.05) is 12.2 Å². The van der Waals surface area contributed by atoms with Crippen molar-refractivity contribution in [1.29, 1.82) is 0 Å². The van der Waals surface area contributed by atoms with E-state index in [0.29, 0.717) is 18.0 Å². The van der Waals surface area contributed by atoms with E-state index in [4.69, 9.17) is 18.0 Å². The second-order valence-electron chi connectivity index (χ2n) is 3.21. The first kappa shape index (κ1) is 10.4. The van der Waals surface area contributed by atoms with Crippen molar-refractivity contribution in [3.63, 3.8) is 0 Å². The van der Waals surface area contributed by atoms with Gasteiger partial charge in [0.15, 0.2) is 0 Å². The molecular weight excluding hydrogens is 186 g/mol. The molecule has 0 aromatic heterocycles. The molecule has 0 aromatic rings. The maximum absolute atomic E-state index is 11.0. The van der Waals surface area contributed by atoms with Gasteiger partial charge in [-0.3, -0.25) is 9.69 Å². The van der Waals surface area contributed by atoms with Crippen LogP contribution in [0.4, 0.5) is 0 Å². The van der Waals surface area contributed by atoms with E-state index in [0.717, 1.165) is 13.1 Å². The van der Waals surface area contributed by atoms with Crippen molar-refractivity contribution in [3.05, 3.63) is 0 Å². The maximum atomic E-state index is 11.0. The monoisotopic (exact) mass is 201 g/mol. The van der Waals surface area contributed by atoms with Crippen LogP contribution in [0.3, 0.4) is 0 Å². The first-order chi connectivity index (χ1) is 6.11. The molecule has 0 saturated carbocycles. The van der Waals surface area contributed by atoms with Crippen LogP contribution in [0.15, 0.2) is 0 Å². The second kappa shape index (κ2) is 4.53. The number of thiocarbonyl (C=S) groups is 1. The number of hydrogen-bond donors (Lipinski definition) is 2. The van der Waals surface area contributed by atoms with Crippen molar-refractivity contribution in [2.75, 3.05) is 19.6 Å². The SMILES string of the molecule is CC(C(N)=S)N1CCNC(=O)CC1. The van der Waals surface area contributed by atoms with Crippen LogP contribution < -0.4 is 11.1 Å². The van der Waals surface area contributed by atoms with Gasteiger partial charge in [0, 0.05) is 26.1 Å². The van der Waals surface area contributed by atoms with E-state index in [1.807, 2.05) is 6.92 Å². The van der Waals surface area contributed by atoms with E-state index in [2.05, 4.69) is 10.2 Å². The van der Waals surface area contributed by atoms with Gasteiger partial charge in [0.05, 0.1) is 11.0 Å². The van der Waals surface area contributed by atoms with Crippen molar-refractivity contribution in [2.24, 2.45) is 5.73 Å². The molecule has 1 rings (SSSR count). The third kappa shape index (κ3) is 2.93. The summed E-state index contributed by atoms with van der Waals surface area (Å²) in [6.45, 7) is 4.22. The molecule has 1 heterocycles. The lowest BCUT2D eigenvalue weighted by atomic mass is 10.2. The van der Waals surface area contributed by atoms with Gasteiger partial charge in [-0.05, 0) is 6.92 Å². The summed E-state index contributed by atoms with van der Waals surface area (Å²) in [6, 6.07) is 0.0858. The zero-order chi connectivity index (χ0) is 9.84. The molecule has 13 heavy (non-hydrogen) atoms. The van der Waals surface area contributed by atoms with Gasteiger partial charge in [-0.25, -0.2) is 0 Å². The predicted octanol–water partition coefficient (Wildman–Crippen LogP) is -0.517. The molecule has 0 aromatic carbocycles. The van der Waals surface area contributed by atoms with Gasteiger partial charge >= 0.3 is 0 Å². The Morgan fingerprint density at radius 3 is 3.00 bits per heavy atom. The Bertz CT molecular complexity index is 219. The number of nitrogens with one attached hydrogen (secondary N) is 1. The second-order valence-corrected chi connectivity index (χ2v) is 3.69. The third-order valence-electron chi connectivity index (χ3n) is 2.31. The average Bonchev–Trinajstić information content (AvgIpc) is 2.28. The number of carbonyl (C=O) groups is 1. The van der Waals surface area contributed by atoms with E-state index in [1.54, 1.807) is 0 Å². The molecule has 0 bridgehead atoms. The van der Waals surface area contributed by atoms with E-state index in [1.165, 1.54) is 0 Å². The quantitative estimate of drug-likeness (QED) is 0.590. The lowest BCUT2D eigenvalue weighted by Crippen LogP contribution is -2.43. The number of hydrogen-bond acceptors (Lipinski definition) is 3. The zero-order valence-corrected chi connectivity index (χ0v) is 8.56. The lowest BCUT2D eigenvalue weighted by molar-refractivity contribution is -0.120. The van der Waals surface area contributed by atoms with Crippen molar-refractivity contribution >= 4 is 23.1 Å². The van der Waals surface area contributed by atoms with Crippen LogP contribution in [-0.4, -0.2) is 41.5 Å². The Kier molecular flexibility index (Phi) is 3.62. The number of amides is 1. The zero-order valence-electron chi connectivity index (χ0n) is 7.75. The number of nitrogens with zero attached hydrogens (tertiary/aromatic N) is 1. The predicted molar refractivity (Wildman–Crippen MR) is 55.4 cm³/mol. The highest BCUT2D eigenvalue weighted by Gasteiger charge is 2.19. The molecule has 5 heteroatoms. The molecule has 0 aliphatic carbocycles. The molecular formula is C8H15N3OS. The molecule has 1 unspecified atom stereocenters. The minimum atomic E-state index is 0.0858. The van der Waals surface area contributed by atoms with Crippen LogP contribution in [-0.2, 0) is 4.79 Å². The molecule has 4 nitrogen and oxygen atoms in total. The highest BCUT2D eigenvalue weighted by atomic mass is 32.1. The number of carbonyl (C=O) groups excluding carboxylic acids is 1. The fourth-order valence-electron chi connectivity index (χ4n) is 1.35. The molecule has 0 radical (unpaired) electrons. The molecule has 0 spiro atoms. The molecule has 1 amide bonds. The summed E-state index contributed by atoms with van der Waals surface area (Å²) >= 11 is 4.90. The van der Waals surface area contributed by atoms with E-state index in [9.17, 15) is 4.79 Å². The summed E-state index contributed by atoms with van der Waals surface area (Å²) in [6.07, 6.45) is 0.535. The van der Waals surface area contributed by atoms with Gasteiger partial charge in [0.2, 0.25) is 5.91 Å². The summed E-state index contributed by atoms with van der Waals surface area (Å²) in [5.74, 6) is 0.109. The van der Waals surface area contributed by atoms with Crippen molar-refractivity contribution in [1.82, 2.24) is 10.2 Å². The van der Waals surface area contributed by atoms with Gasteiger partial charge in [0.1, 0.15) is 0 Å². The minimum absolute atomic E-state index is 0.0858. The Hall–Kier alpha value is -0.680. The summed E-state index contributed by atoms with van der Waals surface area (Å²) in [7, 11) is 0. The highest BCUT2D eigenvalue weighted by molar-refractivity contribution is 7.80. The smallest absolute Gasteiger partial charge is 0.221 e. The number of rotatable bonds is 2. The summed E-state index contributed by atoms with van der Waals surface area (Å²) < 4.78 is 0. The molecule has 1 atom stereocenters. The van der Waals surface area contributed by atoms with Gasteiger partial charge < -0.3 is 11.1 Å². The Morgan fingerprint density at radius 2 is 2.38 bits per heavy atom. The Balaban J connectivity index is 2.50. The molecule has 1 aliphatic heterocycles. The van der Waals surface area contributed by atoms with Crippen LogP contribution >= 0.6 is 12.2 Å². The molecule has 1 fully saturated rings. The summed E-state index contributed by atoms with van der Waals surface area (Å²) in [4.78, 5) is 13.6. The van der Waals surface area contributed by atoms with Crippen molar-refractivity contribution in [2.45, 2.75) is 19.4 Å². The summed E-state index contributed by atoms with van der Waals surface area (Å²) in [5.41, 5.74) is 5.54. The largest absolute Gasteiger partial charge is 0.392 e. The first-order valence-corrected chi connectivity index (χ1v) is 4.82. The first-order valence-electron chi connectivity index (χ1n) is 4.41. The fourth-order valence-corrected chi connectivity index (χ4v) is 1.50. The van der Waals surface area contributed by atoms with Gasteiger partial charge in [0.25, 0.3) is 0 Å². The van der Waals surface area contributed by atoms with Crippen molar-refractivity contribution in [3.8, 4) is 0 Å². The molecule has 74 valence electrons. The topological polar surface area (TPSA) is 58.4 Å². The van der Waals surface area contributed by atoms with E-state index >= 15 is 0 Å². The van der Waals surface area contributed by atoms with Gasteiger partial charge in [-0.2, -0.15) is 0 Å². The van der Waals surface area contributed by atoms with Crippen LogP contribution in [0, 0.1) is 0 Å². The normalized spacial score (nSPS) is 21.8. The fraction of sp³-hybridized carbons (Fsp3) is 0.750. The number of nitrogens with two attached hydrogens (primary N) is 1. The Morgan fingerprint density at radius 1 is 1.69 bits per heavy atom. The molecule has 1 saturated heterocycles. The minimum Gasteiger partial charge on any atom is -0.392 e. The van der Waals surface area contributed by atoms with Crippen molar-refractivity contribution < 1.29 is 4.79 Å². The molecule has 1 aliphatic rings. The third-order valence-corrected chi connectivity index (χ3v) is 2.65. The highest BCUT2D eigenvalue weighted by Crippen LogP contribution is 2.02. The van der Waals surface area contributed by atoms with Gasteiger partial charge in [-0.15, -0.1) is 0 Å². The Labute approximate surface area is 83.5 Å². The standard InChI is InChI=1S/C8H15N3OS/c1-6(8(9)13)11-4-2-7(12)10-3-5-11/h6H,2-5H2,1H3,(H2,9,13)(H,10,12). The van der Waals surface area contributed by atoms with Crippen LogP contribution in [0.2, 0.25) is 0 Å². The summed E-state index contributed by atoms with van der Waals surface area (Å²) in [5, 5.41) is 2.80.